The van der Waals surface area contributed by atoms with E-state index in [1.165, 1.54) is 0 Å². The molecular formula is C13H27NO. The summed E-state index contributed by atoms with van der Waals surface area (Å²) < 4.78 is 0. The lowest BCUT2D eigenvalue weighted by Gasteiger charge is -2.28. The van der Waals surface area contributed by atoms with Crippen LogP contribution in [0.2, 0.25) is 0 Å². The first-order valence-corrected chi connectivity index (χ1v) is 5.90. The van der Waals surface area contributed by atoms with E-state index in [0.29, 0.717) is 6.04 Å². The molecule has 0 aliphatic heterocycles. The van der Waals surface area contributed by atoms with Crippen LogP contribution in [0.15, 0.2) is 12.7 Å². The molecule has 0 aliphatic carbocycles. The van der Waals surface area contributed by atoms with Gasteiger partial charge in [-0.05, 0) is 38.5 Å². The normalized spacial score (nSPS) is 16.1. The number of nitrogens with one attached hydrogen (secondary N) is 1. The first-order chi connectivity index (χ1) is 6.87. The van der Waals surface area contributed by atoms with Gasteiger partial charge < -0.3 is 10.4 Å². The van der Waals surface area contributed by atoms with E-state index in [-0.39, 0.29) is 11.5 Å². The van der Waals surface area contributed by atoms with Crippen molar-refractivity contribution < 1.29 is 5.11 Å². The Bertz CT molecular complexity index is 175. The van der Waals surface area contributed by atoms with Crippen LogP contribution >= 0.6 is 0 Å². The number of rotatable bonds is 8. The van der Waals surface area contributed by atoms with Crippen molar-refractivity contribution in [1.82, 2.24) is 5.32 Å². The van der Waals surface area contributed by atoms with Crippen molar-refractivity contribution in [3.8, 4) is 0 Å². The number of hydrogen-bond donors (Lipinski definition) is 2. The van der Waals surface area contributed by atoms with Crippen LogP contribution in [0.5, 0.6) is 0 Å². The summed E-state index contributed by atoms with van der Waals surface area (Å²) in [5, 5.41) is 12.9. The molecule has 2 heteroatoms. The van der Waals surface area contributed by atoms with E-state index < -0.39 is 0 Å². The average molecular weight is 213 g/mol. The maximum atomic E-state index is 9.35. The van der Waals surface area contributed by atoms with E-state index in [1.54, 1.807) is 0 Å². The van der Waals surface area contributed by atoms with Gasteiger partial charge in [0.25, 0.3) is 0 Å². The van der Waals surface area contributed by atoms with Crippen LogP contribution in [0.3, 0.4) is 0 Å². The fourth-order valence-corrected chi connectivity index (χ4v) is 1.79. The predicted octanol–water partition coefficient (Wildman–Crippen LogP) is 2.73. The van der Waals surface area contributed by atoms with Crippen molar-refractivity contribution in [2.45, 2.75) is 59.1 Å². The highest BCUT2D eigenvalue weighted by molar-refractivity contribution is 4.77. The summed E-state index contributed by atoms with van der Waals surface area (Å²) >= 11 is 0. The lowest BCUT2D eigenvalue weighted by atomic mass is 9.86. The molecule has 0 saturated carbocycles. The molecule has 0 saturated heterocycles. The smallest absolute Gasteiger partial charge is 0.0517 e. The summed E-state index contributed by atoms with van der Waals surface area (Å²) in [5.74, 6) is 0. The van der Waals surface area contributed by atoms with E-state index in [4.69, 9.17) is 0 Å². The molecule has 0 bridgehead atoms. The minimum atomic E-state index is -0.217. The van der Waals surface area contributed by atoms with Crippen molar-refractivity contribution >= 4 is 0 Å². The molecular weight excluding hydrogens is 186 g/mol. The zero-order valence-corrected chi connectivity index (χ0v) is 10.7. The largest absolute Gasteiger partial charge is 0.393 e. The maximum absolute atomic E-state index is 9.35. The van der Waals surface area contributed by atoms with Crippen LogP contribution < -0.4 is 5.32 Å². The molecule has 0 rings (SSSR count). The van der Waals surface area contributed by atoms with Crippen LogP contribution in [-0.4, -0.2) is 23.8 Å². The fourth-order valence-electron chi connectivity index (χ4n) is 1.79. The molecule has 0 aromatic carbocycles. The Kier molecular flexibility index (Phi) is 6.86. The number of allylic oxidation sites excluding steroid dienone is 1. The standard InChI is InChI=1S/C13H27NO/c1-6-7-8-11(2)14-10-13(4,5)9-12(3)15/h6,11-12,14-15H,1,7-10H2,2-5H3. The minimum absolute atomic E-state index is 0.163. The van der Waals surface area contributed by atoms with Gasteiger partial charge in [-0.2, -0.15) is 0 Å². The van der Waals surface area contributed by atoms with Gasteiger partial charge in [0.1, 0.15) is 0 Å². The van der Waals surface area contributed by atoms with Gasteiger partial charge in [0.15, 0.2) is 0 Å². The van der Waals surface area contributed by atoms with Gasteiger partial charge in [-0.1, -0.05) is 19.9 Å². The van der Waals surface area contributed by atoms with E-state index in [2.05, 4.69) is 32.7 Å². The molecule has 0 spiro atoms. The molecule has 2 N–H and O–H groups in total. The number of aliphatic hydroxyl groups excluding tert-OH is 1. The van der Waals surface area contributed by atoms with E-state index >= 15 is 0 Å². The maximum Gasteiger partial charge on any atom is 0.0517 e. The fraction of sp³-hybridized carbons (Fsp3) is 0.846. The summed E-state index contributed by atoms with van der Waals surface area (Å²) in [4.78, 5) is 0. The third kappa shape index (κ3) is 8.64. The Labute approximate surface area is 94.8 Å². The zero-order valence-electron chi connectivity index (χ0n) is 10.7. The minimum Gasteiger partial charge on any atom is -0.393 e. The number of aliphatic hydroxyl groups is 1. The summed E-state index contributed by atoms with van der Waals surface area (Å²) in [6, 6.07) is 0.524. The van der Waals surface area contributed by atoms with Gasteiger partial charge in [-0.3, -0.25) is 0 Å². The Morgan fingerprint density at radius 3 is 2.47 bits per heavy atom. The van der Waals surface area contributed by atoms with Gasteiger partial charge in [0, 0.05) is 12.6 Å². The first-order valence-electron chi connectivity index (χ1n) is 5.90. The Morgan fingerprint density at radius 1 is 1.40 bits per heavy atom. The van der Waals surface area contributed by atoms with Gasteiger partial charge in [-0.25, -0.2) is 0 Å². The Balaban J connectivity index is 3.76. The third-order valence-corrected chi connectivity index (χ3v) is 2.58. The lowest BCUT2D eigenvalue weighted by molar-refractivity contribution is 0.126. The highest BCUT2D eigenvalue weighted by Gasteiger charge is 2.20. The predicted molar refractivity (Wildman–Crippen MR) is 67.0 cm³/mol. The van der Waals surface area contributed by atoms with Crippen LogP contribution in [0.1, 0.15) is 47.0 Å². The summed E-state index contributed by atoms with van der Waals surface area (Å²) in [5.41, 5.74) is 0.163. The quantitative estimate of drug-likeness (QED) is 0.608. The average Bonchev–Trinajstić information content (AvgIpc) is 2.09. The second kappa shape index (κ2) is 7.02. The molecule has 0 amide bonds. The molecule has 0 radical (unpaired) electrons. The SMILES string of the molecule is C=CCCC(C)NCC(C)(C)CC(C)O. The van der Waals surface area contributed by atoms with Crippen LogP contribution in [0.25, 0.3) is 0 Å². The topological polar surface area (TPSA) is 32.3 Å². The molecule has 2 atom stereocenters. The van der Waals surface area contributed by atoms with Crippen molar-refractivity contribution in [3.05, 3.63) is 12.7 Å². The molecule has 0 aromatic heterocycles. The van der Waals surface area contributed by atoms with E-state index in [1.807, 2.05) is 13.0 Å². The zero-order chi connectivity index (χ0) is 11.9. The van der Waals surface area contributed by atoms with Crippen LogP contribution in [0, 0.1) is 5.41 Å². The monoisotopic (exact) mass is 213 g/mol. The van der Waals surface area contributed by atoms with Gasteiger partial charge in [0.05, 0.1) is 6.10 Å². The molecule has 0 aliphatic rings. The van der Waals surface area contributed by atoms with Gasteiger partial charge >= 0.3 is 0 Å². The van der Waals surface area contributed by atoms with E-state index in [0.717, 1.165) is 25.8 Å². The lowest BCUT2D eigenvalue weighted by Crippen LogP contribution is -2.36. The summed E-state index contributed by atoms with van der Waals surface area (Å²) in [7, 11) is 0. The molecule has 90 valence electrons. The first kappa shape index (κ1) is 14.7. The number of hydrogen-bond acceptors (Lipinski definition) is 2. The third-order valence-electron chi connectivity index (χ3n) is 2.58. The molecule has 0 heterocycles. The van der Waals surface area contributed by atoms with Gasteiger partial charge in [0.2, 0.25) is 0 Å². The van der Waals surface area contributed by atoms with Crippen molar-refractivity contribution in [3.63, 3.8) is 0 Å². The summed E-state index contributed by atoms with van der Waals surface area (Å²) in [6.45, 7) is 13.1. The summed E-state index contributed by atoms with van der Waals surface area (Å²) in [6.07, 6.45) is 4.78. The van der Waals surface area contributed by atoms with Crippen LogP contribution in [0.4, 0.5) is 0 Å². The highest BCUT2D eigenvalue weighted by Crippen LogP contribution is 2.21. The molecule has 2 unspecified atom stereocenters. The molecule has 15 heavy (non-hydrogen) atoms. The van der Waals surface area contributed by atoms with E-state index in [9.17, 15) is 5.11 Å². The van der Waals surface area contributed by atoms with Crippen LogP contribution in [-0.2, 0) is 0 Å². The second-order valence-electron chi connectivity index (χ2n) is 5.37. The molecule has 0 aromatic rings. The Morgan fingerprint density at radius 2 is 2.00 bits per heavy atom. The van der Waals surface area contributed by atoms with Gasteiger partial charge in [-0.15, -0.1) is 6.58 Å². The van der Waals surface area contributed by atoms with Crippen molar-refractivity contribution in [2.75, 3.05) is 6.54 Å². The Hall–Kier alpha value is -0.340. The second-order valence-corrected chi connectivity index (χ2v) is 5.37. The molecule has 0 fully saturated rings. The highest BCUT2D eigenvalue weighted by atomic mass is 16.3. The van der Waals surface area contributed by atoms with Crippen molar-refractivity contribution in [2.24, 2.45) is 5.41 Å². The molecule has 2 nitrogen and oxygen atoms in total. The van der Waals surface area contributed by atoms with Crippen molar-refractivity contribution in [1.29, 1.82) is 0 Å².